The van der Waals surface area contributed by atoms with E-state index in [-0.39, 0.29) is 11.2 Å². The summed E-state index contributed by atoms with van der Waals surface area (Å²) >= 11 is 0. The molecule has 0 bridgehead atoms. The van der Waals surface area contributed by atoms with Crippen molar-refractivity contribution < 1.29 is 9.53 Å². The van der Waals surface area contributed by atoms with E-state index in [4.69, 9.17) is 15.5 Å². The van der Waals surface area contributed by atoms with Gasteiger partial charge in [0.1, 0.15) is 11.6 Å². The Bertz CT molecular complexity index is 1290. The van der Waals surface area contributed by atoms with Crippen LogP contribution in [0.25, 0.3) is 0 Å². The van der Waals surface area contributed by atoms with Gasteiger partial charge in [0.2, 0.25) is 0 Å². The van der Waals surface area contributed by atoms with Gasteiger partial charge in [-0.25, -0.2) is 4.99 Å². The largest absolute Gasteiger partial charge is 0.494 e. The third kappa shape index (κ3) is 3.32. The molecule has 5 rings (SSSR count). The van der Waals surface area contributed by atoms with Crippen LogP contribution in [0.15, 0.2) is 76.2 Å². The van der Waals surface area contributed by atoms with Gasteiger partial charge in [0.05, 0.1) is 29.9 Å². The molecule has 0 aromatic heterocycles. The number of hydrogen-bond donors (Lipinski definition) is 1. The van der Waals surface area contributed by atoms with E-state index in [2.05, 4.69) is 19.9 Å². The second-order valence-electron chi connectivity index (χ2n) is 9.44. The molecule has 1 atom stereocenters. The highest BCUT2D eigenvalue weighted by Crippen LogP contribution is 2.52. The average Bonchev–Trinajstić information content (AvgIpc) is 2.78. The Kier molecular flexibility index (Phi) is 4.86. The first-order valence-corrected chi connectivity index (χ1v) is 11.2. The molecular formula is C27H26N4O2. The van der Waals surface area contributed by atoms with E-state index in [1.54, 1.807) is 0 Å². The summed E-state index contributed by atoms with van der Waals surface area (Å²) in [6, 6.07) is 17.8. The zero-order chi connectivity index (χ0) is 23.3. The maximum Gasteiger partial charge on any atom is 0.162 e. The Labute approximate surface area is 193 Å². The second-order valence-corrected chi connectivity index (χ2v) is 9.44. The van der Waals surface area contributed by atoms with Gasteiger partial charge in [-0.05, 0) is 48.6 Å². The van der Waals surface area contributed by atoms with Crippen LogP contribution in [0.4, 0.5) is 5.69 Å². The van der Waals surface area contributed by atoms with Crippen molar-refractivity contribution in [1.29, 1.82) is 5.26 Å². The van der Waals surface area contributed by atoms with Gasteiger partial charge in [-0.15, -0.1) is 0 Å². The van der Waals surface area contributed by atoms with Crippen molar-refractivity contribution >= 4 is 17.3 Å². The molecule has 2 N–H and O–H groups in total. The number of allylic oxidation sites excluding steroid dienone is 3. The van der Waals surface area contributed by atoms with E-state index in [9.17, 15) is 10.1 Å². The molecular weight excluding hydrogens is 412 g/mol. The number of carbonyl (C=O) groups excluding carboxylic acids is 1. The van der Waals surface area contributed by atoms with Gasteiger partial charge >= 0.3 is 0 Å². The highest BCUT2D eigenvalue weighted by Gasteiger charge is 2.46. The summed E-state index contributed by atoms with van der Waals surface area (Å²) in [7, 11) is 0. The highest BCUT2D eigenvalue weighted by atomic mass is 16.5. The van der Waals surface area contributed by atoms with Crippen LogP contribution in [0.3, 0.4) is 0 Å². The van der Waals surface area contributed by atoms with Crippen molar-refractivity contribution in [2.45, 2.75) is 39.5 Å². The molecule has 0 unspecified atom stereocenters. The number of Topliss-reactive ketones (excluding diaryl/α,β-unsaturated/α-hetero) is 1. The lowest BCUT2D eigenvalue weighted by molar-refractivity contribution is -0.118. The fraction of sp³-hybridized carbons (Fsp3) is 0.296. The van der Waals surface area contributed by atoms with Crippen molar-refractivity contribution in [2.75, 3.05) is 11.5 Å². The van der Waals surface area contributed by atoms with Crippen LogP contribution in [-0.4, -0.2) is 18.2 Å². The third-order valence-electron chi connectivity index (χ3n) is 6.49. The number of nitriles is 1. The van der Waals surface area contributed by atoms with Gasteiger partial charge in [-0.3, -0.25) is 9.69 Å². The minimum atomic E-state index is -0.489. The summed E-state index contributed by atoms with van der Waals surface area (Å²) in [6.45, 7) is 6.72. The number of hydrogen-bond acceptors (Lipinski definition) is 6. The average molecular weight is 439 g/mol. The van der Waals surface area contributed by atoms with Crippen LogP contribution in [-0.2, 0) is 4.79 Å². The zero-order valence-electron chi connectivity index (χ0n) is 19.1. The van der Waals surface area contributed by atoms with E-state index < -0.39 is 5.92 Å². The number of aliphatic imine (C=N–C) groups is 1. The fourth-order valence-electron chi connectivity index (χ4n) is 5.15. The Morgan fingerprint density at radius 3 is 2.61 bits per heavy atom. The van der Waals surface area contributed by atoms with Crippen LogP contribution in [0.1, 0.15) is 50.7 Å². The summed E-state index contributed by atoms with van der Waals surface area (Å²) in [6.07, 6.45) is 1.14. The van der Waals surface area contributed by atoms with Gasteiger partial charge in [-0.1, -0.05) is 38.1 Å². The van der Waals surface area contributed by atoms with Crippen molar-refractivity contribution in [2.24, 2.45) is 16.1 Å². The fourth-order valence-corrected chi connectivity index (χ4v) is 5.15. The Hall–Kier alpha value is -3.85. The molecule has 0 radical (unpaired) electrons. The molecule has 2 aromatic rings. The van der Waals surface area contributed by atoms with E-state index in [1.807, 2.05) is 60.4 Å². The van der Waals surface area contributed by atoms with Crippen LogP contribution >= 0.6 is 0 Å². The molecule has 33 heavy (non-hydrogen) atoms. The number of fused-ring (bicyclic) bond motifs is 4. The van der Waals surface area contributed by atoms with E-state index >= 15 is 0 Å². The van der Waals surface area contributed by atoms with Crippen molar-refractivity contribution in [3.8, 4) is 11.8 Å². The molecule has 6 nitrogen and oxygen atoms in total. The predicted molar refractivity (Wildman–Crippen MR) is 128 cm³/mol. The smallest absolute Gasteiger partial charge is 0.162 e. The maximum absolute atomic E-state index is 13.6. The number of anilines is 1. The van der Waals surface area contributed by atoms with Crippen molar-refractivity contribution in [3.05, 3.63) is 82.3 Å². The molecule has 0 saturated carbocycles. The normalized spacial score (nSPS) is 21.0. The Balaban J connectivity index is 1.78. The molecule has 3 aliphatic rings. The highest BCUT2D eigenvalue weighted by molar-refractivity contribution is 6.08. The lowest BCUT2D eigenvalue weighted by Crippen LogP contribution is -2.42. The standard InChI is InChI=1S/C27H26N4O2/c1-4-33-17-11-9-16(10-12-17)23-19(15-28)26-30-25(29)18-7-5-6-8-20(18)31(26)21-13-27(2,3)14-22(32)24(21)23/h5-12,23H,4,13-14H2,1-3H3,(H2,29,30)/t23-/m0/s1. The molecule has 0 fully saturated rings. The number of carbonyl (C=O) groups is 1. The first kappa shape index (κ1) is 21.0. The Morgan fingerprint density at radius 1 is 1.18 bits per heavy atom. The molecule has 2 aliphatic heterocycles. The lowest BCUT2D eigenvalue weighted by atomic mass is 9.68. The molecule has 6 heteroatoms. The summed E-state index contributed by atoms with van der Waals surface area (Å²) in [5.41, 5.74) is 10.7. The van der Waals surface area contributed by atoms with E-state index in [0.29, 0.717) is 42.3 Å². The molecule has 2 aromatic carbocycles. The van der Waals surface area contributed by atoms with Crippen molar-refractivity contribution in [1.82, 2.24) is 0 Å². The lowest BCUT2D eigenvalue weighted by Gasteiger charge is -2.45. The SMILES string of the molecule is CCOc1ccc([C@H]2C(C#N)=C3N=C(N)c4ccccc4N3C3=C2C(=O)CC(C)(C)C3)cc1. The van der Waals surface area contributed by atoms with Gasteiger partial charge in [0.15, 0.2) is 11.6 Å². The quantitative estimate of drug-likeness (QED) is 0.744. The number of ketones is 1. The van der Waals surface area contributed by atoms with E-state index in [0.717, 1.165) is 28.3 Å². The second kappa shape index (κ2) is 7.63. The number of rotatable bonds is 3. The third-order valence-corrected chi connectivity index (χ3v) is 6.49. The Morgan fingerprint density at radius 2 is 1.91 bits per heavy atom. The van der Waals surface area contributed by atoms with E-state index in [1.165, 1.54) is 0 Å². The monoisotopic (exact) mass is 438 g/mol. The minimum absolute atomic E-state index is 0.0759. The van der Waals surface area contributed by atoms with Crippen molar-refractivity contribution in [3.63, 3.8) is 0 Å². The molecule has 0 spiro atoms. The topological polar surface area (TPSA) is 91.7 Å². The van der Waals surface area contributed by atoms with Gasteiger partial charge in [-0.2, -0.15) is 5.26 Å². The predicted octanol–water partition coefficient (Wildman–Crippen LogP) is 4.79. The molecule has 166 valence electrons. The zero-order valence-corrected chi connectivity index (χ0v) is 19.1. The van der Waals surface area contributed by atoms with Crippen LogP contribution < -0.4 is 15.4 Å². The number of amidine groups is 1. The summed E-state index contributed by atoms with van der Waals surface area (Å²) in [5, 5.41) is 10.3. The van der Waals surface area contributed by atoms with Gasteiger partial charge in [0, 0.05) is 23.3 Å². The van der Waals surface area contributed by atoms with Gasteiger partial charge in [0.25, 0.3) is 0 Å². The van der Waals surface area contributed by atoms with Crippen LogP contribution in [0.2, 0.25) is 0 Å². The van der Waals surface area contributed by atoms with Gasteiger partial charge < -0.3 is 10.5 Å². The molecule has 0 saturated heterocycles. The van der Waals surface area contributed by atoms with Crippen LogP contribution in [0.5, 0.6) is 5.75 Å². The summed E-state index contributed by atoms with van der Waals surface area (Å²) in [4.78, 5) is 20.3. The first-order chi connectivity index (χ1) is 15.8. The maximum atomic E-state index is 13.6. The summed E-state index contributed by atoms with van der Waals surface area (Å²) in [5.74, 6) is 1.23. The first-order valence-electron chi connectivity index (χ1n) is 11.2. The number of nitrogens with zero attached hydrogens (tertiary/aromatic N) is 3. The molecule has 0 amide bonds. The van der Waals surface area contributed by atoms with Crippen LogP contribution in [0, 0.1) is 16.7 Å². The molecule has 2 heterocycles. The summed E-state index contributed by atoms with van der Waals surface area (Å²) < 4.78 is 5.59. The number of ether oxygens (including phenoxy) is 1. The number of para-hydroxylation sites is 1. The number of benzene rings is 2. The minimum Gasteiger partial charge on any atom is -0.494 e. The number of nitrogens with two attached hydrogens (primary N) is 1. The molecule has 1 aliphatic carbocycles.